The van der Waals surface area contributed by atoms with Gasteiger partial charge in [-0.25, -0.2) is 13.6 Å². The Kier molecular flexibility index (Phi) is 3.68. The Labute approximate surface area is 126 Å². The van der Waals surface area contributed by atoms with Crippen LogP contribution in [0.5, 0.6) is 0 Å². The van der Waals surface area contributed by atoms with Crippen molar-refractivity contribution in [1.82, 2.24) is 9.78 Å². The molecule has 1 saturated carbocycles. The summed E-state index contributed by atoms with van der Waals surface area (Å²) in [6.45, 7) is 0. The molecular weight excluding hydrogens is 290 g/mol. The van der Waals surface area contributed by atoms with Gasteiger partial charge in [-0.3, -0.25) is 4.68 Å². The molecule has 0 aliphatic heterocycles. The molecule has 6 heteroatoms. The van der Waals surface area contributed by atoms with Gasteiger partial charge in [0.2, 0.25) is 0 Å². The molecule has 0 radical (unpaired) electrons. The third-order valence-electron chi connectivity index (χ3n) is 3.97. The van der Waals surface area contributed by atoms with E-state index in [0.717, 1.165) is 0 Å². The number of nitrogens with zero attached hydrogens (tertiary/aromatic N) is 2. The van der Waals surface area contributed by atoms with Gasteiger partial charge in [0, 0.05) is 37.7 Å². The molecule has 0 amide bonds. The smallest absolute Gasteiger partial charge is 0.338 e. The molecule has 0 bridgehead atoms. The van der Waals surface area contributed by atoms with E-state index < -0.39 is 30.3 Å². The van der Waals surface area contributed by atoms with Crippen molar-refractivity contribution < 1.29 is 18.3 Å². The summed E-state index contributed by atoms with van der Waals surface area (Å²) in [6, 6.07) is 10.1. The molecule has 1 fully saturated rings. The fourth-order valence-electron chi connectivity index (χ4n) is 2.92. The molecule has 2 aromatic rings. The molecule has 1 aromatic heterocycles. The summed E-state index contributed by atoms with van der Waals surface area (Å²) >= 11 is 0. The Bertz CT molecular complexity index is 670. The van der Waals surface area contributed by atoms with Crippen LogP contribution in [0.2, 0.25) is 0 Å². The van der Waals surface area contributed by atoms with Crippen molar-refractivity contribution in [3.63, 3.8) is 0 Å². The van der Waals surface area contributed by atoms with Crippen LogP contribution in [0.15, 0.2) is 42.6 Å². The number of aromatic nitrogens is 2. The zero-order valence-corrected chi connectivity index (χ0v) is 12.1. The SMILES string of the molecule is Cn1nccc1[C@H]1CC(F)(F)C[C@@H]1OC(=O)c1ccccc1. The molecule has 116 valence electrons. The van der Waals surface area contributed by atoms with E-state index in [1.807, 2.05) is 0 Å². The number of aryl methyl sites for hydroxylation is 1. The number of rotatable bonds is 3. The number of hydrogen-bond donors (Lipinski definition) is 0. The molecule has 2 atom stereocenters. The van der Waals surface area contributed by atoms with Crippen molar-refractivity contribution >= 4 is 5.97 Å². The van der Waals surface area contributed by atoms with Crippen LogP contribution >= 0.6 is 0 Å². The van der Waals surface area contributed by atoms with E-state index >= 15 is 0 Å². The lowest BCUT2D eigenvalue weighted by atomic mass is 10.0. The molecule has 3 rings (SSSR count). The summed E-state index contributed by atoms with van der Waals surface area (Å²) in [6.07, 6.45) is -0.0825. The minimum Gasteiger partial charge on any atom is -0.458 e. The van der Waals surface area contributed by atoms with Crippen LogP contribution < -0.4 is 0 Å². The summed E-state index contributed by atoms with van der Waals surface area (Å²) in [5, 5.41) is 4.01. The van der Waals surface area contributed by atoms with Crippen LogP contribution in [0.25, 0.3) is 0 Å². The predicted molar refractivity (Wildman–Crippen MR) is 75.8 cm³/mol. The maximum Gasteiger partial charge on any atom is 0.338 e. The number of esters is 1. The van der Waals surface area contributed by atoms with Crippen molar-refractivity contribution in [2.75, 3.05) is 0 Å². The average molecular weight is 306 g/mol. The number of benzene rings is 1. The molecule has 0 N–H and O–H groups in total. The van der Waals surface area contributed by atoms with E-state index in [9.17, 15) is 13.6 Å². The maximum absolute atomic E-state index is 13.8. The second-order valence-electron chi connectivity index (χ2n) is 5.56. The molecule has 1 aliphatic carbocycles. The lowest BCUT2D eigenvalue weighted by Crippen LogP contribution is -2.23. The molecular formula is C16H16F2N2O2. The summed E-state index contributed by atoms with van der Waals surface area (Å²) in [4.78, 5) is 12.1. The Balaban J connectivity index is 1.81. The largest absolute Gasteiger partial charge is 0.458 e. The van der Waals surface area contributed by atoms with E-state index in [4.69, 9.17) is 4.74 Å². The van der Waals surface area contributed by atoms with Crippen molar-refractivity contribution in [3.05, 3.63) is 53.9 Å². The molecule has 0 unspecified atom stereocenters. The van der Waals surface area contributed by atoms with Gasteiger partial charge in [-0.15, -0.1) is 0 Å². The van der Waals surface area contributed by atoms with Gasteiger partial charge in [0.05, 0.1) is 5.56 Å². The highest BCUT2D eigenvalue weighted by molar-refractivity contribution is 5.89. The van der Waals surface area contributed by atoms with E-state index in [2.05, 4.69) is 5.10 Å². The number of halogens is 2. The number of ether oxygens (including phenoxy) is 1. The Morgan fingerprint density at radius 3 is 2.64 bits per heavy atom. The van der Waals surface area contributed by atoms with Crippen molar-refractivity contribution in [3.8, 4) is 0 Å². The monoisotopic (exact) mass is 306 g/mol. The van der Waals surface area contributed by atoms with Crippen molar-refractivity contribution in [2.24, 2.45) is 7.05 Å². The van der Waals surface area contributed by atoms with Gasteiger partial charge in [0.1, 0.15) is 6.10 Å². The first-order valence-electron chi connectivity index (χ1n) is 7.08. The van der Waals surface area contributed by atoms with Crippen LogP contribution in [0.4, 0.5) is 8.78 Å². The Hall–Kier alpha value is -2.24. The standard InChI is InChI=1S/C16H16F2N2O2/c1-20-13(7-8-19-20)12-9-16(17,18)10-14(12)22-15(21)11-5-3-2-4-6-11/h2-8,12,14H,9-10H2,1H3/t12-,14+/m1/s1. The van der Waals surface area contributed by atoms with Gasteiger partial charge >= 0.3 is 5.97 Å². The molecule has 1 aliphatic rings. The highest BCUT2D eigenvalue weighted by Gasteiger charge is 2.49. The second kappa shape index (κ2) is 5.51. The molecule has 4 nitrogen and oxygen atoms in total. The maximum atomic E-state index is 13.8. The lowest BCUT2D eigenvalue weighted by molar-refractivity contribution is -0.0120. The highest BCUT2D eigenvalue weighted by atomic mass is 19.3. The van der Waals surface area contributed by atoms with Crippen LogP contribution in [-0.2, 0) is 11.8 Å². The quantitative estimate of drug-likeness (QED) is 0.818. The number of alkyl halides is 2. The molecule has 22 heavy (non-hydrogen) atoms. The van der Waals surface area contributed by atoms with E-state index in [-0.39, 0.29) is 6.42 Å². The first kappa shape index (κ1) is 14.7. The fraction of sp³-hybridized carbons (Fsp3) is 0.375. The van der Waals surface area contributed by atoms with E-state index in [1.54, 1.807) is 54.3 Å². The minimum absolute atomic E-state index is 0.334. The first-order chi connectivity index (χ1) is 10.5. The number of hydrogen-bond acceptors (Lipinski definition) is 3. The van der Waals surface area contributed by atoms with Crippen LogP contribution in [0.1, 0.15) is 34.8 Å². The van der Waals surface area contributed by atoms with Gasteiger partial charge in [-0.2, -0.15) is 5.10 Å². The first-order valence-corrected chi connectivity index (χ1v) is 7.08. The molecule has 0 spiro atoms. The fourth-order valence-corrected chi connectivity index (χ4v) is 2.92. The van der Waals surface area contributed by atoms with Gasteiger partial charge in [-0.05, 0) is 18.2 Å². The van der Waals surface area contributed by atoms with E-state index in [1.165, 1.54) is 0 Å². The summed E-state index contributed by atoms with van der Waals surface area (Å²) in [5.41, 5.74) is 1.02. The van der Waals surface area contributed by atoms with Crippen molar-refractivity contribution in [1.29, 1.82) is 0 Å². The van der Waals surface area contributed by atoms with Crippen LogP contribution in [-0.4, -0.2) is 27.8 Å². The topological polar surface area (TPSA) is 44.1 Å². The lowest BCUT2D eigenvalue weighted by Gasteiger charge is -2.19. The second-order valence-corrected chi connectivity index (χ2v) is 5.56. The van der Waals surface area contributed by atoms with Gasteiger partial charge in [-0.1, -0.05) is 18.2 Å². The Morgan fingerprint density at radius 1 is 1.27 bits per heavy atom. The summed E-state index contributed by atoms with van der Waals surface area (Å²) in [7, 11) is 1.70. The van der Waals surface area contributed by atoms with Gasteiger partial charge < -0.3 is 4.74 Å². The number of carbonyl (C=O) groups excluding carboxylic acids is 1. The van der Waals surface area contributed by atoms with Gasteiger partial charge in [0.25, 0.3) is 5.92 Å². The van der Waals surface area contributed by atoms with E-state index in [0.29, 0.717) is 11.3 Å². The third-order valence-corrected chi connectivity index (χ3v) is 3.97. The molecule has 0 saturated heterocycles. The molecule has 1 aromatic carbocycles. The predicted octanol–water partition coefficient (Wildman–Crippen LogP) is 3.16. The molecule has 1 heterocycles. The average Bonchev–Trinajstić information content (AvgIpc) is 3.02. The third kappa shape index (κ3) is 2.86. The highest BCUT2D eigenvalue weighted by Crippen LogP contribution is 2.45. The summed E-state index contributed by atoms with van der Waals surface area (Å²) in [5.74, 6) is -3.96. The summed E-state index contributed by atoms with van der Waals surface area (Å²) < 4.78 is 34.5. The van der Waals surface area contributed by atoms with Crippen molar-refractivity contribution in [2.45, 2.75) is 30.8 Å². The number of carbonyl (C=O) groups is 1. The zero-order chi connectivity index (χ0) is 15.7. The normalized spacial score (nSPS) is 23.4. The Morgan fingerprint density at radius 2 is 2.00 bits per heavy atom. The minimum atomic E-state index is -2.84. The van der Waals surface area contributed by atoms with Crippen LogP contribution in [0.3, 0.4) is 0 Å². The van der Waals surface area contributed by atoms with Crippen LogP contribution in [0, 0.1) is 0 Å². The van der Waals surface area contributed by atoms with Gasteiger partial charge in [0.15, 0.2) is 0 Å². The zero-order valence-electron chi connectivity index (χ0n) is 12.1.